The summed E-state index contributed by atoms with van der Waals surface area (Å²) in [6.07, 6.45) is 3.68. The Balaban J connectivity index is 1.84. The normalized spacial score (nSPS) is 26.0. The third kappa shape index (κ3) is 3.24. The van der Waals surface area contributed by atoms with E-state index in [0.29, 0.717) is 37.6 Å². The highest BCUT2D eigenvalue weighted by atomic mass is 32.2. The van der Waals surface area contributed by atoms with Gasteiger partial charge < -0.3 is 10.6 Å². The zero-order valence-electron chi connectivity index (χ0n) is 14.0. The first-order valence-electron chi connectivity index (χ1n) is 8.44. The molecule has 3 heterocycles. The molecule has 0 saturated carbocycles. The number of thiophene rings is 1. The minimum atomic E-state index is -3.59. The van der Waals surface area contributed by atoms with Crippen LogP contribution in [0.1, 0.15) is 42.3 Å². The van der Waals surface area contributed by atoms with Crippen molar-refractivity contribution < 1.29 is 13.2 Å². The van der Waals surface area contributed by atoms with Gasteiger partial charge in [-0.25, -0.2) is 8.42 Å². The number of likely N-dealkylation sites (tertiary alicyclic amines) is 1. The summed E-state index contributed by atoms with van der Waals surface area (Å²) in [4.78, 5) is 15.1. The van der Waals surface area contributed by atoms with Gasteiger partial charge in [-0.2, -0.15) is 4.31 Å². The highest BCUT2D eigenvalue weighted by molar-refractivity contribution is 7.89. The maximum atomic E-state index is 12.9. The lowest BCUT2D eigenvalue weighted by Crippen LogP contribution is -2.37. The zero-order chi connectivity index (χ0) is 17.4. The summed E-state index contributed by atoms with van der Waals surface area (Å²) in [6.45, 7) is 4.90. The molecule has 24 heavy (non-hydrogen) atoms. The number of hydrogen-bond donors (Lipinski definition) is 1. The number of piperidine rings is 1. The van der Waals surface area contributed by atoms with Crippen molar-refractivity contribution >= 4 is 27.3 Å². The second-order valence-corrected chi connectivity index (χ2v) is 9.89. The lowest BCUT2D eigenvalue weighted by atomic mass is 9.90. The van der Waals surface area contributed by atoms with Gasteiger partial charge in [0.15, 0.2) is 0 Å². The molecular weight excluding hydrogens is 346 g/mol. The molecule has 0 aliphatic carbocycles. The Kier molecular flexibility index (Phi) is 5.01. The fourth-order valence-corrected chi connectivity index (χ4v) is 6.29. The molecule has 1 amide bonds. The fourth-order valence-electron chi connectivity index (χ4n) is 3.41. The van der Waals surface area contributed by atoms with Gasteiger partial charge in [-0.1, -0.05) is 13.3 Å². The smallest absolute Gasteiger partial charge is 0.265 e. The van der Waals surface area contributed by atoms with Crippen LogP contribution in [0.2, 0.25) is 0 Å². The molecule has 2 N–H and O–H groups in total. The second-order valence-electron chi connectivity index (χ2n) is 7.07. The molecule has 6 nitrogen and oxygen atoms in total. The summed E-state index contributed by atoms with van der Waals surface area (Å²) < 4.78 is 27.3. The van der Waals surface area contributed by atoms with Crippen LogP contribution < -0.4 is 5.73 Å². The van der Waals surface area contributed by atoms with Crippen LogP contribution >= 0.6 is 11.3 Å². The number of amides is 1. The van der Waals surface area contributed by atoms with E-state index in [9.17, 15) is 13.2 Å². The molecule has 2 fully saturated rings. The monoisotopic (exact) mass is 371 g/mol. The van der Waals surface area contributed by atoms with Crippen LogP contribution in [0.4, 0.5) is 0 Å². The molecule has 134 valence electrons. The largest absolute Gasteiger partial charge is 0.337 e. The number of sulfonamides is 1. The molecule has 2 aliphatic rings. The van der Waals surface area contributed by atoms with Crippen LogP contribution in [0.5, 0.6) is 0 Å². The molecule has 2 aliphatic heterocycles. The Morgan fingerprint density at radius 3 is 2.62 bits per heavy atom. The third-order valence-electron chi connectivity index (χ3n) is 5.09. The fraction of sp³-hybridized carbons (Fsp3) is 0.688. The Morgan fingerprint density at radius 1 is 1.29 bits per heavy atom. The molecule has 1 aromatic rings. The number of carbonyl (C=O) groups excluding carboxylic acids is 1. The van der Waals surface area contributed by atoms with Gasteiger partial charge in [-0.15, -0.1) is 11.3 Å². The SMILES string of the molecule is CC1(CN)CCN(C(=O)c2sccc2S(=O)(=O)N2CCCCC2)C1. The van der Waals surface area contributed by atoms with Crippen molar-refractivity contribution in [3.63, 3.8) is 0 Å². The Hall–Kier alpha value is -0.960. The van der Waals surface area contributed by atoms with Gasteiger partial charge in [-0.3, -0.25) is 4.79 Å². The predicted molar refractivity (Wildman–Crippen MR) is 94.6 cm³/mol. The van der Waals surface area contributed by atoms with E-state index in [4.69, 9.17) is 5.73 Å². The molecule has 0 spiro atoms. The number of rotatable bonds is 4. The van der Waals surface area contributed by atoms with Crippen LogP contribution in [-0.4, -0.2) is 56.3 Å². The summed E-state index contributed by atoms with van der Waals surface area (Å²) in [7, 11) is -3.59. The first kappa shape index (κ1) is 17.8. The van der Waals surface area contributed by atoms with Crippen molar-refractivity contribution in [3.8, 4) is 0 Å². The Bertz CT molecular complexity index is 710. The molecule has 1 atom stereocenters. The maximum absolute atomic E-state index is 12.9. The molecule has 1 unspecified atom stereocenters. The van der Waals surface area contributed by atoms with Gasteiger partial charge in [0.05, 0.1) is 0 Å². The summed E-state index contributed by atoms with van der Waals surface area (Å²) >= 11 is 1.21. The van der Waals surface area contributed by atoms with Crippen LogP contribution in [0, 0.1) is 5.41 Å². The van der Waals surface area contributed by atoms with Gasteiger partial charge in [0.2, 0.25) is 10.0 Å². The van der Waals surface area contributed by atoms with Crippen molar-refractivity contribution in [1.82, 2.24) is 9.21 Å². The van der Waals surface area contributed by atoms with Crippen molar-refractivity contribution in [3.05, 3.63) is 16.3 Å². The number of carbonyl (C=O) groups is 1. The van der Waals surface area contributed by atoms with E-state index >= 15 is 0 Å². The first-order chi connectivity index (χ1) is 11.4. The van der Waals surface area contributed by atoms with Gasteiger partial charge >= 0.3 is 0 Å². The van der Waals surface area contributed by atoms with Crippen LogP contribution in [0.3, 0.4) is 0 Å². The molecule has 2 saturated heterocycles. The summed E-state index contributed by atoms with van der Waals surface area (Å²) in [5, 5.41) is 1.70. The molecule has 0 radical (unpaired) electrons. The van der Waals surface area contributed by atoms with Crippen LogP contribution in [0.25, 0.3) is 0 Å². The van der Waals surface area contributed by atoms with E-state index in [1.165, 1.54) is 15.6 Å². The van der Waals surface area contributed by atoms with Gasteiger partial charge in [-0.05, 0) is 42.7 Å². The lowest BCUT2D eigenvalue weighted by Gasteiger charge is -2.26. The molecule has 8 heteroatoms. The van der Waals surface area contributed by atoms with E-state index in [1.54, 1.807) is 16.3 Å². The maximum Gasteiger partial charge on any atom is 0.265 e. The van der Waals surface area contributed by atoms with Gasteiger partial charge in [0, 0.05) is 26.2 Å². The third-order valence-corrected chi connectivity index (χ3v) is 8.07. The van der Waals surface area contributed by atoms with Crippen molar-refractivity contribution in [2.45, 2.75) is 37.5 Å². The van der Waals surface area contributed by atoms with Gasteiger partial charge in [0.25, 0.3) is 5.91 Å². The lowest BCUT2D eigenvalue weighted by molar-refractivity contribution is 0.0778. The van der Waals surface area contributed by atoms with Gasteiger partial charge in [0.1, 0.15) is 9.77 Å². The second kappa shape index (κ2) is 6.74. The average molecular weight is 372 g/mol. The standard InChI is InChI=1S/C16H25N3O3S2/c1-16(11-17)6-9-18(12-16)15(20)14-13(5-10-23-14)24(21,22)19-7-3-2-4-8-19/h5,10H,2-4,6-9,11-12,17H2,1H3. The predicted octanol–water partition coefficient (Wildman–Crippen LogP) is 1.73. The van der Waals surface area contributed by atoms with E-state index in [0.717, 1.165) is 25.7 Å². The Labute approximate surface area is 147 Å². The van der Waals surface area contributed by atoms with Crippen LogP contribution in [-0.2, 0) is 10.0 Å². The number of nitrogens with zero attached hydrogens (tertiary/aromatic N) is 2. The van der Waals surface area contributed by atoms with E-state index in [2.05, 4.69) is 6.92 Å². The van der Waals surface area contributed by atoms with E-state index < -0.39 is 10.0 Å². The summed E-state index contributed by atoms with van der Waals surface area (Å²) in [6, 6.07) is 1.57. The first-order valence-corrected chi connectivity index (χ1v) is 10.8. The van der Waals surface area contributed by atoms with E-state index in [1.807, 2.05) is 0 Å². The molecule has 0 bridgehead atoms. The quantitative estimate of drug-likeness (QED) is 0.874. The van der Waals surface area contributed by atoms with E-state index in [-0.39, 0.29) is 16.2 Å². The molecular formula is C16H25N3O3S2. The van der Waals surface area contributed by atoms with Crippen molar-refractivity contribution in [2.75, 3.05) is 32.7 Å². The number of nitrogens with two attached hydrogens (primary N) is 1. The van der Waals surface area contributed by atoms with Crippen molar-refractivity contribution in [1.29, 1.82) is 0 Å². The highest BCUT2D eigenvalue weighted by Crippen LogP contribution is 2.33. The minimum Gasteiger partial charge on any atom is -0.337 e. The molecule has 3 rings (SSSR count). The van der Waals surface area contributed by atoms with Crippen LogP contribution in [0.15, 0.2) is 16.3 Å². The zero-order valence-corrected chi connectivity index (χ0v) is 15.7. The highest BCUT2D eigenvalue weighted by Gasteiger charge is 2.38. The molecule has 0 aromatic carbocycles. The summed E-state index contributed by atoms with van der Waals surface area (Å²) in [5.74, 6) is -0.183. The summed E-state index contributed by atoms with van der Waals surface area (Å²) in [5.41, 5.74) is 5.74. The molecule has 1 aromatic heterocycles. The average Bonchev–Trinajstić information content (AvgIpc) is 3.23. The number of hydrogen-bond acceptors (Lipinski definition) is 5. The minimum absolute atomic E-state index is 0.0706. The topological polar surface area (TPSA) is 83.7 Å². The van der Waals surface area contributed by atoms with Crippen molar-refractivity contribution in [2.24, 2.45) is 11.1 Å². The Morgan fingerprint density at radius 2 is 2.00 bits per heavy atom.